The minimum Gasteiger partial charge on any atom is -0.422 e. The summed E-state index contributed by atoms with van der Waals surface area (Å²) in [7, 11) is 0. The van der Waals surface area contributed by atoms with Gasteiger partial charge in [-0.15, -0.1) is 0 Å². The molecule has 0 bridgehead atoms. The Morgan fingerprint density at radius 2 is 1.83 bits per heavy atom. The second-order valence-electron chi connectivity index (χ2n) is 6.78. The first kappa shape index (κ1) is 18.9. The van der Waals surface area contributed by atoms with Crippen LogP contribution in [0.4, 0.5) is 0 Å². The van der Waals surface area contributed by atoms with Crippen molar-refractivity contribution in [3.63, 3.8) is 0 Å². The molecule has 2 amide bonds. The zero-order chi connectivity index (χ0) is 20.2. The largest absolute Gasteiger partial charge is 0.422 e. The molecule has 2 heterocycles. The summed E-state index contributed by atoms with van der Waals surface area (Å²) < 4.78 is 10.9. The van der Waals surface area contributed by atoms with E-state index in [2.05, 4.69) is 5.32 Å². The van der Waals surface area contributed by atoms with Crippen molar-refractivity contribution < 1.29 is 18.7 Å². The van der Waals surface area contributed by atoms with E-state index in [9.17, 15) is 14.4 Å². The van der Waals surface area contributed by atoms with E-state index in [4.69, 9.17) is 9.15 Å². The Balaban J connectivity index is 1.40. The van der Waals surface area contributed by atoms with Gasteiger partial charge in [-0.05, 0) is 17.7 Å². The van der Waals surface area contributed by atoms with Gasteiger partial charge in [0.05, 0.1) is 19.7 Å². The number of morpholine rings is 1. The van der Waals surface area contributed by atoms with Crippen molar-refractivity contribution in [3.05, 3.63) is 82.2 Å². The average Bonchev–Trinajstić information content (AvgIpc) is 2.77. The van der Waals surface area contributed by atoms with Gasteiger partial charge in [-0.3, -0.25) is 9.59 Å². The number of carbonyl (C=O) groups is 2. The van der Waals surface area contributed by atoms with Gasteiger partial charge in [-0.2, -0.15) is 0 Å². The van der Waals surface area contributed by atoms with Crippen molar-refractivity contribution in [1.29, 1.82) is 0 Å². The number of rotatable bonds is 4. The van der Waals surface area contributed by atoms with Crippen LogP contribution in [0.3, 0.4) is 0 Å². The lowest BCUT2D eigenvalue weighted by molar-refractivity contribution is -0.137. The summed E-state index contributed by atoms with van der Waals surface area (Å²) in [4.78, 5) is 38.7. The van der Waals surface area contributed by atoms with Crippen LogP contribution in [0.2, 0.25) is 0 Å². The first-order valence-corrected chi connectivity index (χ1v) is 9.37. The molecule has 1 saturated heterocycles. The minimum atomic E-state index is -0.732. The molecule has 2 aromatic carbocycles. The number of benzene rings is 2. The molecule has 1 aliphatic rings. The van der Waals surface area contributed by atoms with E-state index in [0.29, 0.717) is 30.7 Å². The number of hydrogen-bond acceptors (Lipinski definition) is 5. The number of amides is 2. The highest BCUT2D eigenvalue weighted by molar-refractivity contribution is 5.98. The zero-order valence-corrected chi connectivity index (χ0v) is 15.7. The molecule has 0 saturated carbocycles. The SMILES string of the molecule is O=C(NCC(=O)N1CCO[C@H](c2ccccc2)C1)c1cc2ccccc2oc1=O. The van der Waals surface area contributed by atoms with Crippen LogP contribution in [0.5, 0.6) is 0 Å². The maximum absolute atomic E-state index is 12.6. The van der Waals surface area contributed by atoms with Crippen LogP contribution in [-0.2, 0) is 9.53 Å². The third kappa shape index (κ3) is 4.20. The van der Waals surface area contributed by atoms with E-state index in [1.165, 1.54) is 6.07 Å². The molecule has 0 aliphatic carbocycles. The Bertz CT molecular complexity index is 1090. The molecule has 1 aliphatic heterocycles. The number of para-hydroxylation sites is 1. The van der Waals surface area contributed by atoms with E-state index in [1.54, 1.807) is 29.2 Å². The van der Waals surface area contributed by atoms with Crippen LogP contribution in [0.15, 0.2) is 69.9 Å². The predicted octanol–water partition coefficient (Wildman–Crippen LogP) is 2.12. The van der Waals surface area contributed by atoms with Gasteiger partial charge in [0.1, 0.15) is 17.3 Å². The smallest absolute Gasteiger partial charge is 0.349 e. The summed E-state index contributed by atoms with van der Waals surface area (Å²) in [5.41, 5.74) is 0.554. The molecule has 1 aromatic heterocycles. The lowest BCUT2D eigenvalue weighted by atomic mass is 10.1. The molecular formula is C22H20N2O5. The minimum absolute atomic E-state index is 0.124. The number of carbonyl (C=O) groups excluding carboxylic acids is 2. The fraction of sp³-hybridized carbons (Fsp3) is 0.227. The molecule has 0 spiro atoms. The van der Waals surface area contributed by atoms with Crippen LogP contribution in [0.1, 0.15) is 22.0 Å². The third-order valence-electron chi connectivity index (χ3n) is 4.88. The van der Waals surface area contributed by atoms with Crippen molar-refractivity contribution in [3.8, 4) is 0 Å². The summed E-state index contributed by atoms with van der Waals surface area (Å²) in [5.74, 6) is -0.863. The number of fused-ring (bicyclic) bond motifs is 1. The first-order valence-electron chi connectivity index (χ1n) is 9.37. The van der Waals surface area contributed by atoms with Crippen molar-refractivity contribution in [2.75, 3.05) is 26.2 Å². The Labute approximate surface area is 166 Å². The molecule has 7 nitrogen and oxygen atoms in total. The lowest BCUT2D eigenvalue weighted by Crippen LogP contribution is -2.46. The second kappa shape index (κ2) is 8.28. The fourth-order valence-corrected chi connectivity index (χ4v) is 3.33. The highest BCUT2D eigenvalue weighted by Crippen LogP contribution is 2.21. The molecule has 148 valence electrons. The molecule has 1 atom stereocenters. The maximum Gasteiger partial charge on any atom is 0.349 e. The van der Waals surface area contributed by atoms with Crippen LogP contribution < -0.4 is 10.9 Å². The van der Waals surface area contributed by atoms with E-state index in [1.807, 2.05) is 30.3 Å². The van der Waals surface area contributed by atoms with Crippen molar-refractivity contribution in [2.45, 2.75) is 6.10 Å². The number of nitrogens with zero attached hydrogens (tertiary/aromatic N) is 1. The van der Waals surface area contributed by atoms with Crippen LogP contribution in [0, 0.1) is 0 Å². The number of hydrogen-bond donors (Lipinski definition) is 1. The third-order valence-corrected chi connectivity index (χ3v) is 4.88. The second-order valence-corrected chi connectivity index (χ2v) is 6.78. The normalized spacial score (nSPS) is 16.6. The van der Waals surface area contributed by atoms with Gasteiger partial charge in [0.25, 0.3) is 5.91 Å². The fourth-order valence-electron chi connectivity index (χ4n) is 3.33. The first-order chi connectivity index (χ1) is 14.1. The number of ether oxygens (including phenoxy) is 1. The van der Waals surface area contributed by atoms with Crippen molar-refractivity contribution >= 4 is 22.8 Å². The molecule has 0 unspecified atom stereocenters. The topological polar surface area (TPSA) is 88.8 Å². The average molecular weight is 392 g/mol. The van der Waals surface area contributed by atoms with Crippen LogP contribution >= 0.6 is 0 Å². The molecular weight excluding hydrogens is 372 g/mol. The maximum atomic E-state index is 12.6. The number of nitrogens with one attached hydrogen (secondary N) is 1. The molecule has 3 aromatic rings. The predicted molar refractivity (Wildman–Crippen MR) is 107 cm³/mol. The Kier molecular flexibility index (Phi) is 5.39. The van der Waals surface area contributed by atoms with Gasteiger partial charge < -0.3 is 19.4 Å². The van der Waals surface area contributed by atoms with Gasteiger partial charge in [-0.1, -0.05) is 48.5 Å². The lowest BCUT2D eigenvalue weighted by Gasteiger charge is -2.33. The molecule has 1 N–H and O–H groups in total. The van der Waals surface area contributed by atoms with E-state index in [-0.39, 0.29) is 24.1 Å². The van der Waals surface area contributed by atoms with Gasteiger partial charge >= 0.3 is 5.63 Å². The highest BCUT2D eigenvalue weighted by Gasteiger charge is 2.25. The summed E-state index contributed by atoms with van der Waals surface area (Å²) in [5, 5.41) is 3.17. The Morgan fingerprint density at radius 1 is 1.07 bits per heavy atom. The van der Waals surface area contributed by atoms with Gasteiger partial charge in [-0.25, -0.2) is 4.79 Å². The molecule has 1 fully saturated rings. The Morgan fingerprint density at radius 3 is 2.66 bits per heavy atom. The zero-order valence-electron chi connectivity index (χ0n) is 15.7. The molecule has 29 heavy (non-hydrogen) atoms. The monoisotopic (exact) mass is 392 g/mol. The summed E-state index contributed by atoms with van der Waals surface area (Å²) in [6.45, 7) is 1.09. The molecule has 7 heteroatoms. The molecule has 0 radical (unpaired) electrons. The van der Waals surface area contributed by atoms with Crippen molar-refractivity contribution in [1.82, 2.24) is 10.2 Å². The van der Waals surface area contributed by atoms with Crippen LogP contribution in [-0.4, -0.2) is 43.0 Å². The van der Waals surface area contributed by atoms with Crippen LogP contribution in [0.25, 0.3) is 11.0 Å². The van der Waals surface area contributed by atoms with E-state index >= 15 is 0 Å². The van der Waals surface area contributed by atoms with Crippen molar-refractivity contribution in [2.24, 2.45) is 0 Å². The summed E-state index contributed by atoms with van der Waals surface area (Å²) >= 11 is 0. The molecule has 4 rings (SSSR count). The van der Waals surface area contributed by atoms with Gasteiger partial charge in [0.15, 0.2) is 0 Å². The van der Waals surface area contributed by atoms with Gasteiger partial charge in [0.2, 0.25) is 5.91 Å². The van der Waals surface area contributed by atoms with E-state index < -0.39 is 11.5 Å². The quantitative estimate of drug-likeness (QED) is 0.687. The standard InChI is InChI=1S/C22H20N2O5/c25-20(24-10-11-28-19(14-24)15-6-2-1-3-7-15)13-23-21(26)17-12-16-8-4-5-9-18(16)29-22(17)27/h1-9,12,19H,10-11,13-14H2,(H,23,26)/t19-/m0/s1. The van der Waals surface area contributed by atoms with Gasteiger partial charge in [0, 0.05) is 11.9 Å². The Hall–Kier alpha value is -3.45. The highest BCUT2D eigenvalue weighted by atomic mass is 16.5. The summed E-state index contributed by atoms with van der Waals surface area (Å²) in [6.07, 6.45) is -0.197. The summed E-state index contributed by atoms with van der Waals surface area (Å²) in [6, 6.07) is 18.1. The van der Waals surface area contributed by atoms with E-state index in [0.717, 1.165) is 5.56 Å².